The maximum atomic E-state index is 12.9. The molecule has 2 heterocycles. The first kappa shape index (κ1) is 18.5. The van der Waals surface area contributed by atoms with Crippen LogP contribution in [0.25, 0.3) is 5.69 Å². The van der Waals surface area contributed by atoms with Crippen molar-refractivity contribution < 1.29 is 9.72 Å². The zero-order valence-corrected chi connectivity index (χ0v) is 15.8. The smallest absolute Gasteiger partial charge is 0.271 e. The van der Waals surface area contributed by atoms with Gasteiger partial charge in [-0.2, -0.15) is 0 Å². The summed E-state index contributed by atoms with van der Waals surface area (Å²) >= 11 is 0. The van der Waals surface area contributed by atoms with Gasteiger partial charge in [-0.25, -0.2) is 4.68 Å². The maximum Gasteiger partial charge on any atom is 0.271 e. The highest BCUT2D eigenvalue weighted by atomic mass is 16.6. The Morgan fingerprint density at radius 1 is 1.10 bits per heavy atom. The van der Waals surface area contributed by atoms with Crippen LogP contribution in [0.15, 0.2) is 48.8 Å². The fourth-order valence-electron chi connectivity index (χ4n) is 3.47. The molecule has 1 aliphatic heterocycles. The number of nitro groups is 1. The maximum absolute atomic E-state index is 12.9. The number of anilines is 1. The Morgan fingerprint density at radius 3 is 2.55 bits per heavy atom. The number of tetrazole rings is 1. The van der Waals surface area contributed by atoms with E-state index >= 15 is 0 Å². The Bertz CT molecular complexity index is 1040. The summed E-state index contributed by atoms with van der Waals surface area (Å²) in [5.41, 5.74) is 3.20. The lowest BCUT2D eigenvalue weighted by atomic mass is 10.1. The highest BCUT2D eigenvalue weighted by molar-refractivity contribution is 5.95. The lowest BCUT2D eigenvalue weighted by Gasteiger charge is -2.36. The van der Waals surface area contributed by atoms with E-state index in [0.29, 0.717) is 31.7 Å². The van der Waals surface area contributed by atoms with Crippen LogP contribution in [0, 0.1) is 17.0 Å². The minimum absolute atomic E-state index is 0.0324. The Kier molecular flexibility index (Phi) is 4.90. The number of hydrogen-bond acceptors (Lipinski definition) is 7. The van der Waals surface area contributed by atoms with Crippen molar-refractivity contribution >= 4 is 17.3 Å². The lowest BCUT2D eigenvalue weighted by molar-refractivity contribution is -0.384. The zero-order chi connectivity index (χ0) is 20.4. The van der Waals surface area contributed by atoms with E-state index in [9.17, 15) is 14.9 Å². The molecule has 10 nitrogen and oxygen atoms in total. The number of piperazine rings is 1. The third-order valence-corrected chi connectivity index (χ3v) is 5.01. The quantitative estimate of drug-likeness (QED) is 0.491. The van der Waals surface area contributed by atoms with Crippen LogP contribution in [-0.2, 0) is 0 Å². The minimum Gasteiger partial charge on any atom is -0.368 e. The number of rotatable bonds is 4. The Balaban J connectivity index is 1.43. The molecule has 1 fully saturated rings. The van der Waals surface area contributed by atoms with Crippen LogP contribution in [0.2, 0.25) is 0 Å². The molecule has 2 aromatic carbocycles. The molecule has 1 aromatic heterocycles. The van der Waals surface area contributed by atoms with Crippen LogP contribution < -0.4 is 4.90 Å². The van der Waals surface area contributed by atoms with Gasteiger partial charge >= 0.3 is 0 Å². The molecule has 29 heavy (non-hydrogen) atoms. The van der Waals surface area contributed by atoms with Gasteiger partial charge in [-0.3, -0.25) is 14.9 Å². The SMILES string of the molecule is Cc1cc(C(=O)N2CCN(c3cccc([N+](=O)[O-])c3)CC2)ccc1-n1cnnn1. The zero-order valence-electron chi connectivity index (χ0n) is 15.8. The second-order valence-electron chi connectivity index (χ2n) is 6.81. The van der Waals surface area contributed by atoms with Crippen LogP contribution in [0.1, 0.15) is 15.9 Å². The topological polar surface area (TPSA) is 110 Å². The van der Waals surface area contributed by atoms with E-state index in [2.05, 4.69) is 20.4 Å². The van der Waals surface area contributed by atoms with Gasteiger partial charge in [0.2, 0.25) is 0 Å². The predicted octanol–water partition coefficient (Wildman–Crippen LogP) is 1.84. The van der Waals surface area contributed by atoms with E-state index in [0.717, 1.165) is 16.9 Å². The number of non-ortho nitro benzene ring substituents is 1. The predicted molar refractivity (Wildman–Crippen MR) is 105 cm³/mol. The molecule has 0 atom stereocenters. The summed E-state index contributed by atoms with van der Waals surface area (Å²) in [5.74, 6) is -0.0324. The Hall–Kier alpha value is -3.82. The van der Waals surface area contributed by atoms with E-state index in [-0.39, 0.29) is 11.6 Å². The summed E-state index contributed by atoms with van der Waals surface area (Å²) in [7, 11) is 0. The third-order valence-electron chi connectivity index (χ3n) is 5.01. The van der Waals surface area contributed by atoms with Crippen molar-refractivity contribution in [2.24, 2.45) is 0 Å². The third kappa shape index (κ3) is 3.77. The van der Waals surface area contributed by atoms with Crippen LogP contribution in [0.3, 0.4) is 0 Å². The molecule has 0 N–H and O–H groups in total. The largest absolute Gasteiger partial charge is 0.368 e. The molecule has 1 aliphatic rings. The van der Waals surface area contributed by atoms with Gasteiger partial charge in [-0.15, -0.1) is 5.10 Å². The fourth-order valence-corrected chi connectivity index (χ4v) is 3.47. The Labute approximate surface area is 166 Å². The molecule has 1 saturated heterocycles. The molecule has 10 heteroatoms. The number of nitrogens with zero attached hydrogens (tertiary/aromatic N) is 7. The van der Waals surface area contributed by atoms with Crippen molar-refractivity contribution in [3.8, 4) is 5.69 Å². The standard InChI is InChI=1S/C19H19N7O3/c1-14-11-15(5-6-18(14)25-13-20-21-22-25)19(27)24-9-7-23(8-10-24)16-3-2-4-17(12-16)26(28)29/h2-6,11-13H,7-10H2,1H3. The molecule has 148 valence electrons. The second kappa shape index (κ2) is 7.66. The van der Waals surface area contributed by atoms with Gasteiger partial charge in [0.25, 0.3) is 11.6 Å². The van der Waals surface area contributed by atoms with Gasteiger partial charge in [-0.05, 0) is 47.2 Å². The average molecular weight is 393 g/mol. The molecule has 0 radical (unpaired) electrons. The number of amides is 1. The highest BCUT2D eigenvalue weighted by Gasteiger charge is 2.23. The summed E-state index contributed by atoms with van der Waals surface area (Å²) < 4.78 is 1.56. The van der Waals surface area contributed by atoms with Gasteiger partial charge < -0.3 is 9.80 Å². The van der Waals surface area contributed by atoms with Crippen molar-refractivity contribution in [2.45, 2.75) is 6.92 Å². The lowest BCUT2D eigenvalue weighted by Crippen LogP contribution is -2.48. The van der Waals surface area contributed by atoms with E-state index < -0.39 is 4.92 Å². The van der Waals surface area contributed by atoms with E-state index in [1.54, 1.807) is 27.8 Å². The van der Waals surface area contributed by atoms with Gasteiger partial charge in [-0.1, -0.05) is 6.07 Å². The number of hydrogen-bond donors (Lipinski definition) is 0. The molecular weight excluding hydrogens is 374 g/mol. The molecule has 4 rings (SSSR count). The van der Waals surface area contributed by atoms with Crippen molar-refractivity contribution in [1.82, 2.24) is 25.1 Å². The number of carbonyl (C=O) groups is 1. The van der Waals surface area contributed by atoms with Gasteiger partial charge in [0, 0.05) is 49.6 Å². The molecule has 0 saturated carbocycles. The summed E-state index contributed by atoms with van der Waals surface area (Å²) in [6.07, 6.45) is 1.51. The van der Waals surface area contributed by atoms with Crippen molar-refractivity contribution in [3.05, 3.63) is 70.0 Å². The first-order valence-electron chi connectivity index (χ1n) is 9.15. The van der Waals surface area contributed by atoms with E-state index in [1.807, 2.05) is 25.1 Å². The van der Waals surface area contributed by atoms with E-state index in [1.165, 1.54) is 12.4 Å². The van der Waals surface area contributed by atoms with Crippen LogP contribution in [0.4, 0.5) is 11.4 Å². The first-order chi connectivity index (χ1) is 14.0. The molecule has 0 spiro atoms. The van der Waals surface area contributed by atoms with Crippen LogP contribution in [-0.4, -0.2) is 62.1 Å². The number of aromatic nitrogens is 4. The fraction of sp³-hybridized carbons (Fsp3) is 0.263. The molecule has 3 aromatic rings. The first-order valence-corrected chi connectivity index (χ1v) is 9.15. The number of benzene rings is 2. The summed E-state index contributed by atoms with van der Waals surface area (Å²) in [5, 5.41) is 22.1. The van der Waals surface area contributed by atoms with Gasteiger partial charge in [0.15, 0.2) is 0 Å². The monoisotopic (exact) mass is 393 g/mol. The van der Waals surface area contributed by atoms with Gasteiger partial charge in [0.1, 0.15) is 6.33 Å². The number of aryl methyl sites for hydroxylation is 1. The number of nitro benzene ring substituents is 1. The number of carbonyl (C=O) groups excluding carboxylic acids is 1. The molecule has 0 unspecified atom stereocenters. The summed E-state index contributed by atoms with van der Waals surface area (Å²) in [6.45, 7) is 4.25. The normalized spacial score (nSPS) is 14.1. The summed E-state index contributed by atoms with van der Waals surface area (Å²) in [6, 6.07) is 12.0. The van der Waals surface area contributed by atoms with Crippen LogP contribution in [0.5, 0.6) is 0 Å². The van der Waals surface area contributed by atoms with Gasteiger partial charge in [0.05, 0.1) is 10.6 Å². The van der Waals surface area contributed by atoms with E-state index in [4.69, 9.17) is 0 Å². The van der Waals surface area contributed by atoms with Crippen molar-refractivity contribution in [2.75, 3.05) is 31.1 Å². The Morgan fingerprint density at radius 2 is 1.90 bits per heavy atom. The summed E-state index contributed by atoms with van der Waals surface area (Å²) in [4.78, 5) is 27.4. The molecule has 1 amide bonds. The van der Waals surface area contributed by atoms with Crippen molar-refractivity contribution in [3.63, 3.8) is 0 Å². The van der Waals surface area contributed by atoms with Crippen LogP contribution >= 0.6 is 0 Å². The second-order valence-corrected chi connectivity index (χ2v) is 6.81. The molecular formula is C19H19N7O3. The van der Waals surface area contributed by atoms with Crippen molar-refractivity contribution in [1.29, 1.82) is 0 Å². The average Bonchev–Trinajstić information content (AvgIpc) is 3.28. The highest BCUT2D eigenvalue weighted by Crippen LogP contribution is 2.23. The molecule has 0 bridgehead atoms. The molecule has 0 aliphatic carbocycles. The minimum atomic E-state index is -0.398.